The summed E-state index contributed by atoms with van der Waals surface area (Å²) in [5, 5.41) is 11.4. The third kappa shape index (κ3) is 9.67. The van der Waals surface area contributed by atoms with Gasteiger partial charge in [-0.25, -0.2) is 18.0 Å². The minimum Gasteiger partial charge on any atom is -0.463 e. The second kappa shape index (κ2) is 14.9. The van der Waals surface area contributed by atoms with Crippen LogP contribution in [-0.2, 0) is 30.5 Å². The minimum absolute atomic E-state index is 0.0294. The van der Waals surface area contributed by atoms with Crippen molar-refractivity contribution in [2.45, 2.75) is 75.5 Å². The highest BCUT2D eigenvalue weighted by Gasteiger charge is 2.29. The molecule has 1 N–H and O–H groups in total. The van der Waals surface area contributed by atoms with Gasteiger partial charge in [0.1, 0.15) is 5.60 Å². The summed E-state index contributed by atoms with van der Waals surface area (Å²) < 4.78 is 37.8. The van der Waals surface area contributed by atoms with Crippen molar-refractivity contribution < 1.29 is 32.6 Å². The van der Waals surface area contributed by atoms with Gasteiger partial charge in [-0.3, -0.25) is 0 Å². The molecule has 0 fully saturated rings. The number of sulfone groups is 1. The number of ether oxygens (including phenoxy) is 2. The monoisotopic (exact) mass is 641 g/mol. The zero-order valence-electron chi connectivity index (χ0n) is 25.9. The van der Waals surface area contributed by atoms with E-state index in [1.165, 1.54) is 35.3 Å². The van der Waals surface area contributed by atoms with Crippen LogP contribution in [0.5, 0.6) is 0 Å². The summed E-state index contributed by atoms with van der Waals surface area (Å²) in [6.07, 6.45) is 1.45. The van der Waals surface area contributed by atoms with Crippen LogP contribution in [0, 0.1) is 6.92 Å². The molecule has 3 aromatic rings. The first-order valence-electron chi connectivity index (χ1n) is 14.3. The zero-order valence-corrected chi connectivity index (χ0v) is 27.5. The summed E-state index contributed by atoms with van der Waals surface area (Å²) in [5.41, 5.74) is 1.83. The van der Waals surface area contributed by atoms with Crippen molar-refractivity contribution in [2.24, 2.45) is 0 Å². The SMILES string of the molecule is CCOC(=O)/C=C/c1cc(C)ccc1S(=O)(=O)c1ccc(C[C@@H](C)N(C[C@H](O)c2cccc(Cl)c2)C(=O)OC(C)(C)C)cc1. The van der Waals surface area contributed by atoms with E-state index in [2.05, 4.69) is 0 Å². The number of halogens is 1. The molecule has 0 radical (unpaired) electrons. The first-order valence-corrected chi connectivity index (χ1v) is 16.2. The fourth-order valence-corrected chi connectivity index (χ4v) is 6.17. The summed E-state index contributed by atoms with van der Waals surface area (Å²) in [4.78, 5) is 26.7. The van der Waals surface area contributed by atoms with E-state index in [0.29, 0.717) is 22.6 Å². The molecular formula is C34H40ClNO7S. The number of aliphatic hydroxyl groups is 1. The summed E-state index contributed by atoms with van der Waals surface area (Å²) in [6, 6.07) is 17.8. The molecule has 0 saturated heterocycles. The Hall–Kier alpha value is -3.66. The van der Waals surface area contributed by atoms with E-state index in [1.807, 2.05) is 13.8 Å². The Morgan fingerprint density at radius 1 is 1.05 bits per heavy atom. The number of carbonyl (C=O) groups excluding carboxylic acids is 2. The topological polar surface area (TPSA) is 110 Å². The molecule has 0 unspecified atom stereocenters. The van der Waals surface area contributed by atoms with Crippen LogP contribution in [0.25, 0.3) is 6.08 Å². The van der Waals surface area contributed by atoms with E-state index < -0.39 is 39.6 Å². The Labute approximate surface area is 265 Å². The predicted molar refractivity (Wildman–Crippen MR) is 171 cm³/mol. The maximum atomic E-state index is 13.6. The van der Waals surface area contributed by atoms with Crippen LogP contribution in [0.15, 0.2) is 82.6 Å². The maximum absolute atomic E-state index is 13.6. The van der Waals surface area contributed by atoms with Crippen LogP contribution in [0.4, 0.5) is 4.79 Å². The van der Waals surface area contributed by atoms with E-state index >= 15 is 0 Å². The number of hydrogen-bond donors (Lipinski definition) is 1. The highest BCUT2D eigenvalue weighted by atomic mass is 35.5. The van der Waals surface area contributed by atoms with Crippen molar-refractivity contribution >= 4 is 39.6 Å². The highest BCUT2D eigenvalue weighted by molar-refractivity contribution is 7.91. The number of hydrogen-bond acceptors (Lipinski definition) is 7. The van der Waals surface area contributed by atoms with E-state index in [-0.39, 0.29) is 22.9 Å². The van der Waals surface area contributed by atoms with Gasteiger partial charge in [0.2, 0.25) is 9.84 Å². The zero-order chi connectivity index (χ0) is 32.7. The van der Waals surface area contributed by atoms with Gasteiger partial charge < -0.3 is 19.5 Å². The van der Waals surface area contributed by atoms with E-state index in [4.69, 9.17) is 21.1 Å². The van der Waals surface area contributed by atoms with Gasteiger partial charge >= 0.3 is 12.1 Å². The second-order valence-corrected chi connectivity index (χ2v) is 13.9. The van der Waals surface area contributed by atoms with Crippen LogP contribution in [-0.4, -0.2) is 55.3 Å². The molecule has 0 aromatic heterocycles. The van der Waals surface area contributed by atoms with Gasteiger partial charge in [0.15, 0.2) is 0 Å². The van der Waals surface area contributed by atoms with Crippen molar-refractivity contribution in [3.8, 4) is 0 Å². The Bertz CT molecular complexity index is 1590. The minimum atomic E-state index is -3.92. The van der Waals surface area contributed by atoms with Crippen molar-refractivity contribution in [1.29, 1.82) is 0 Å². The quantitative estimate of drug-likeness (QED) is 0.178. The molecular weight excluding hydrogens is 602 g/mol. The van der Waals surface area contributed by atoms with E-state index in [1.54, 1.807) is 76.2 Å². The summed E-state index contributed by atoms with van der Waals surface area (Å²) in [6.45, 7) is 10.9. The Kier molecular flexibility index (Phi) is 11.8. The number of nitrogens with zero attached hydrogens (tertiary/aromatic N) is 1. The molecule has 0 spiro atoms. The van der Waals surface area contributed by atoms with Crippen molar-refractivity contribution in [2.75, 3.05) is 13.2 Å². The summed E-state index contributed by atoms with van der Waals surface area (Å²) >= 11 is 6.10. The molecule has 236 valence electrons. The molecule has 3 rings (SSSR count). The smallest absolute Gasteiger partial charge is 0.410 e. The van der Waals surface area contributed by atoms with Crippen LogP contribution < -0.4 is 0 Å². The number of esters is 1. The van der Waals surface area contributed by atoms with Gasteiger partial charge in [0.25, 0.3) is 0 Å². The highest BCUT2D eigenvalue weighted by Crippen LogP contribution is 2.28. The number of aryl methyl sites for hydroxylation is 1. The molecule has 0 aliphatic carbocycles. The molecule has 0 bridgehead atoms. The van der Waals surface area contributed by atoms with Gasteiger partial charge in [0, 0.05) is 17.1 Å². The van der Waals surface area contributed by atoms with Crippen molar-refractivity contribution in [3.05, 3.63) is 100 Å². The third-order valence-electron chi connectivity index (χ3n) is 6.67. The number of amides is 1. The lowest BCUT2D eigenvalue weighted by Gasteiger charge is -2.33. The van der Waals surface area contributed by atoms with E-state index in [9.17, 15) is 23.1 Å². The molecule has 2 atom stereocenters. The van der Waals surface area contributed by atoms with Gasteiger partial charge in [-0.15, -0.1) is 0 Å². The first kappa shape index (κ1) is 34.8. The number of aliphatic hydroxyl groups excluding tert-OH is 1. The predicted octanol–water partition coefficient (Wildman–Crippen LogP) is 6.96. The van der Waals surface area contributed by atoms with Gasteiger partial charge in [-0.2, -0.15) is 0 Å². The number of rotatable bonds is 11. The lowest BCUT2D eigenvalue weighted by Crippen LogP contribution is -2.45. The second-order valence-electron chi connectivity index (χ2n) is 11.5. The Balaban J connectivity index is 1.85. The molecule has 0 aliphatic rings. The van der Waals surface area contributed by atoms with Gasteiger partial charge in [-0.1, -0.05) is 53.6 Å². The van der Waals surface area contributed by atoms with Gasteiger partial charge in [0.05, 0.1) is 29.0 Å². The molecule has 44 heavy (non-hydrogen) atoms. The molecule has 10 heteroatoms. The number of benzene rings is 3. The van der Waals surface area contributed by atoms with Gasteiger partial charge in [-0.05, 0) is 101 Å². The van der Waals surface area contributed by atoms with Crippen molar-refractivity contribution in [1.82, 2.24) is 4.90 Å². The fourth-order valence-electron chi connectivity index (χ4n) is 4.53. The average molecular weight is 642 g/mol. The Morgan fingerprint density at radius 2 is 1.73 bits per heavy atom. The average Bonchev–Trinajstić information content (AvgIpc) is 2.94. The van der Waals surface area contributed by atoms with Crippen molar-refractivity contribution in [3.63, 3.8) is 0 Å². The first-order chi connectivity index (χ1) is 20.6. The molecule has 1 amide bonds. The Morgan fingerprint density at radius 3 is 2.34 bits per heavy atom. The summed E-state index contributed by atoms with van der Waals surface area (Å²) in [5.74, 6) is -0.559. The lowest BCUT2D eigenvalue weighted by atomic mass is 10.0. The molecule has 0 heterocycles. The van der Waals surface area contributed by atoms with E-state index in [0.717, 1.165) is 11.1 Å². The van der Waals surface area contributed by atoms with Crippen LogP contribution >= 0.6 is 11.6 Å². The van der Waals surface area contributed by atoms with Crippen LogP contribution in [0.1, 0.15) is 63.0 Å². The number of carbonyl (C=O) groups is 2. The molecule has 8 nitrogen and oxygen atoms in total. The van der Waals surface area contributed by atoms with Crippen LogP contribution in [0.2, 0.25) is 5.02 Å². The standard InChI is InChI=1S/C34H40ClNO7S/c1-7-42-32(38)18-14-27-19-23(2)11-17-31(27)44(40,41)29-15-12-25(13-16-29)20-24(3)36(33(39)43-34(4,5)6)22-30(37)26-9-8-10-28(35)21-26/h8-19,21,24,30,37H,7,20,22H2,1-6H3/b18-14+/t24-,30+/m1/s1. The lowest BCUT2D eigenvalue weighted by molar-refractivity contribution is -0.137. The normalized spacial score (nSPS) is 13.4. The fraction of sp³-hybridized carbons (Fsp3) is 0.353. The molecule has 0 aliphatic heterocycles. The summed E-state index contributed by atoms with van der Waals surface area (Å²) in [7, 11) is -3.92. The molecule has 0 saturated carbocycles. The maximum Gasteiger partial charge on any atom is 0.410 e. The molecule has 3 aromatic carbocycles. The largest absolute Gasteiger partial charge is 0.463 e. The van der Waals surface area contributed by atoms with Crippen LogP contribution in [0.3, 0.4) is 0 Å². The third-order valence-corrected chi connectivity index (χ3v) is 8.75.